The van der Waals surface area contributed by atoms with Crippen molar-refractivity contribution in [3.63, 3.8) is 0 Å². The van der Waals surface area contributed by atoms with Crippen LogP contribution in [0.2, 0.25) is 0 Å². The summed E-state index contributed by atoms with van der Waals surface area (Å²) < 4.78 is 77.8. The molecule has 0 heterocycles. The number of benzene rings is 1. The number of amides is 1. The second-order valence-corrected chi connectivity index (χ2v) is 5.12. The molecule has 0 radical (unpaired) electrons. The molecule has 1 rings (SSSR count). The van der Waals surface area contributed by atoms with E-state index >= 15 is 0 Å². The molecule has 1 aromatic carbocycles. The molecule has 4 nitrogen and oxygen atoms in total. The third kappa shape index (κ3) is 5.27. The van der Waals surface area contributed by atoms with Gasteiger partial charge in [0.05, 0.1) is 17.2 Å². The number of nitriles is 1. The average Bonchev–Trinajstić information content (AvgIpc) is 2.51. The molecule has 10 heteroatoms. The van der Waals surface area contributed by atoms with E-state index in [2.05, 4.69) is 5.32 Å². The predicted octanol–water partition coefficient (Wildman–Crippen LogP) is 3.47. The van der Waals surface area contributed by atoms with Crippen LogP contribution >= 0.6 is 0 Å². The van der Waals surface area contributed by atoms with E-state index in [9.17, 15) is 31.1 Å². The summed E-state index contributed by atoms with van der Waals surface area (Å²) in [5, 5.41) is 11.0. The van der Waals surface area contributed by atoms with Crippen molar-refractivity contribution in [2.24, 2.45) is 0 Å². The van der Waals surface area contributed by atoms with Gasteiger partial charge in [-0.05, 0) is 24.6 Å². The van der Waals surface area contributed by atoms with E-state index < -0.39 is 47.7 Å². The van der Waals surface area contributed by atoms with Gasteiger partial charge < -0.3 is 10.2 Å². The zero-order valence-electron chi connectivity index (χ0n) is 13.3. The lowest BCUT2D eigenvalue weighted by atomic mass is 10.0. The number of halogens is 6. The number of carbonyl (C=O) groups excluding carboxylic acids is 1. The molecule has 1 unspecified atom stereocenters. The maximum absolute atomic E-state index is 13.1. The van der Waals surface area contributed by atoms with E-state index in [1.54, 1.807) is 0 Å². The van der Waals surface area contributed by atoms with E-state index in [1.165, 1.54) is 20.0 Å². The van der Waals surface area contributed by atoms with Gasteiger partial charge in [-0.15, -0.1) is 0 Å². The highest BCUT2D eigenvalue weighted by molar-refractivity contribution is 5.85. The minimum Gasteiger partial charge on any atom is -0.357 e. The molecule has 1 amide bonds. The molecule has 1 aromatic rings. The van der Waals surface area contributed by atoms with Gasteiger partial charge >= 0.3 is 12.4 Å². The molecule has 0 saturated heterocycles. The summed E-state index contributed by atoms with van der Waals surface area (Å²) in [6, 6.07) is 2.24. The Labute approximate surface area is 140 Å². The molecule has 0 aliphatic heterocycles. The van der Waals surface area contributed by atoms with E-state index in [0.29, 0.717) is 11.0 Å². The topological polar surface area (TPSA) is 56.1 Å². The summed E-state index contributed by atoms with van der Waals surface area (Å²) in [5.41, 5.74) is -2.51. The van der Waals surface area contributed by atoms with E-state index in [4.69, 9.17) is 5.26 Å². The Hall–Kier alpha value is -2.44. The smallest absolute Gasteiger partial charge is 0.357 e. The highest BCUT2D eigenvalue weighted by atomic mass is 19.4. The number of nitrogens with zero attached hydrogens (tertiary/aromatic N) is 2. The molecule has 0 bridgehead atoms. The van der Waals surface area contributed by atoms with Crippen LogP contribution in [0, 0.1) is 11.3 Å². The molecular formula is C15H15F6N3O. The minimum atomic E-state index is -4.92. The standard InChI is InChI=1S/C15H15F6N3O/c1-3-12(13(25)23-2)24(8-14(16,17)18)10-5-4-9(7-22)11(6-10)15(19,20)21/h4-6,12H,3,8H2,1-2H3,(H,23,25). The van der Waals surface area contributed by atoms with E-state index in [0.717, 1.165) is 12.1 Å². The van der Waals surface area contributed by atoms with E-state index in [1.807, 2.05) is 0 Å². The van der Waals surface area contributed by atoms with Crippen LogP contribution in [0.3, 0.4) is 0 Å². The van der Waals surface area contributed by atoms with Crippen molar-refractivity contribution >= 4 is 11.6 Å². The molecule has 0 saturated carbocycles. The van der Waals surface area contributed by atoms with Gasteiger partial charge in [0.1, 0.15) is 12.6 Å². The largest absolute Gasteiger partial charge is 0.417 e. The normalized spacial score (nSPS) is 13.1. The summed E-state index contributed by atoms with van der Waals surface area (Å²) in [5.74, 6) is -0.760. The number of hydrogen-bond acceptors (Lipinski definition) is 3. The quantitative estimate of drug-likeness (QED) is 0.811. The van der Waals surface area contributed by atoms with Crippen LogP contribution in [0.5, 0.6) is 0 Å². The minimum absolute atomic E-state index is 0.0584. The summed E-state index contributed by atoms with van der Waals surface area (Å²) in [7, 11) is 1.22. The Morgan fingerprint density at radius 2 is 1.88 bits per heavy atom. The molecule has 0 aromatic heterocycles. The molecule has 25 heavy (non-hydrogen) atoms. The second kappa shape index (κ2) is 7.63. The first-order chi connectivity index (χ1) is 11.4. The average molecular weight is 367 g/mol. The lowest BCUT2D eigenvalue weighted by Crippen LogP contribution is -2.49. The summed E-state index contributed by atoms with van der Waals surface area (Å²) >= 11 is 0. The molecule has 0 spiro atoms. The lowest BCUT2D eigenvalue weighted by Gasteiger charge is -2.33. The van der Waals surface area contributed by atoms with E-state index in [-0.39, 0.29) is 6.42 Å². The lowest BCUT2D eigenvalue weighted by molar-refractivity contribution is -0.137. The molecule has 0 aliphatic carbocycles. The SMILES string of the molecule is CCC(C(=O)NC)N(CC(F)(F)F)c1ccc(C#N)c(C(F)(F)F)c1. The molecular weight excluding hydrogens is 352 g/mol. The van der Waals surface area contributed by atoms with Crippen molar-refractivity contribution < 1.29 is 31.1 Å². The number of hydrogen-bond donors (Lipinski definition) is 1. The van der Waals surface area contributed by atoms with Crippen LogP contribution < -0.4 is 10.2 Å². The Balaban J connectivity index is 3.50. The van der Waals surface area contributed by atoms with Gasteiger partial charge in [-0.25, -0.2) is 0 Å². The van der Waals surface area contributed by atoms with Gasteiger partial charge in [0, 0.05) is 12.7 Å². The molecule has 0 aliphatic rings. The summed E-state index contributed by atoms with van der Waals surface area (Å²) in [6.07, 6.45) is -9.72. The van der Waals surface area contributed by atoms with Gasteiger partial charge in [-0.2, -0.15) is 31.6 Å². The summed E-state index contributed by atoms with van der Waals surface area (Å²) in [6.45, 7) is -0.167. The van der Waals surface area contributed by atoms with Crippen molar-refractivity contribution in [1.29, 1.82) is 5.26 Å². The molecule has 1 N–H and O–H groups in total. The highest BCUT2D eigenvalue weighted by Gasteiger charge is 2.38. The Bertz CT molecular complexity index is 663. The molecule has 0 fully saturated rings. The Morgan fingerprint density at radius 3 is 2.28 bits per heavy atom. The first kappa shape index (κ1) is 20.6. The fourth-order valence-electron chi connectivity index (χ4n) is 2.33. The van der Waals surface area contributed by atoms with Crippen LogP contribution in [0.25, 0.3) is 0 Å². The predicted molar refractivity (Wildman–Crippen MR) is 77.7 cm³/mol. The van der Waals surface area contributed by atoms with Gasteiger partial charge in [-0.1, -0.05) is 6.92 Å². The van der Waals surface area contributed by atoms with Gasteiger partial charge in [0.15, 0.2) is 0 Å². The monoisotopic (exact) mass is 367 g/mol. The number of carbonyl (C=O) groups is 1. The maximum atomic E-state index is 13.1. The van der Waals surface area contributed by atoms with Gasteiger partial charge in [-0.3, -0.25) is 4.79 Å². The number of rotatable bonds is 5. The zero-order chi connectivity index (χ0) is 19.4. The third-order valence-corrected chi connectivity index (χ3v) is 3.42. The maximum Gasteiger partial charge on any atom is 0.417 e. The second-order valence-electron chi connectivity index (χ2n) is 5.12. The van der Waals surface area contributed by atoms with Crippen molar-refractivity contribution in [2.45, 2.75) is 31.7 Å². The molecule has 138 valence electrons. The van der Waals surface area contributed by atoms with Crippen molar-refractivity contribution in [1.82, 2.24) is 5.32 Å². The fraction of sp³-hybridized carbons (Fsp3) is 0.467. The van der Waals surface area contributed by atoms with Crippen LogP contribution in [-0.2, 0) is 11.0 Å². The van der Waals surface area contributed by atoms with Crippen molar-refractivity contribution in [3.05, 3.63) is 29.3 Å². The van der Waals surface area contributed by atoms with Crippen LogP contribution in [0.1, 0.15) is 24.5 Å². The van der Waals surface area contributed by atoms with Crippen LogP contribution in [-0.4, -0.2) is 31.7 Å². The Morgan fingerprint density at radius 1 is 1.28 bits per heavy atom. The number of alkyl halides is 6. The van der Waals surface area contributed by atoms with Gasteiger partial charge in [0.2, 0.25) is 5.91 Å². The van der Waals surface area contributed by atoms with Crippen molar-refractivity contribution in [3.8, 4) is 6.07 Å². The van der Waals surface area contributed by atoms with Crippen molar-refractivity contribution in [2.75, 3.05) is 18.5 Å². The molecule has 1 atom stereocenters. The van der Waals surface area contributed by atoms with Gasteiger partial charge in [0.25, 0.3) is 0 Å². The summed E-state index contributed by atoms with van der Waals surface area (Å²) in [4.78, 5) is 12.4. The van der Waals surface area contributed by atoms with Crippen LogP contribution in [0.15, 0.2) is 18.2 Å². The zero-order valence-corrected chi connectivity index (χ0v) is 13.3. The third-order valence-electron chi connectivity index (χ3n) is 3.42. The van der Waals surface area contributed by atoms with Crippen LogP contribution in [0.4, 0.5) is 32.0 Å². The number of likely N-dealkylation sites (N-methyl/N-ethyl adjacent to an activating group) is 1. The number of nitrogens with one attached hydrogen (secondary N) is 1. The fourth-order valence-corrected chi connectivity index (χ4v) is 2.33. The first-order valence-electron chi connectivity index (χ1n) is 7.11. The highest BCUT2D eigenvalue weighted by Crippen LogP contribution is 2.35. The Kier molecular flexibility index (Phi) is 6.29. The first-order valence-corrected chi connectivity index (χ1v) is 7.11. The number of anilines is 1.